The van der Waals surface area contributed by atoms with Gasteiger partial charge in [-0.25, -0.2) is 4.21 Å². The second-order valence-electron chi connectivity index (χ2n) is 5.17. The van der Waals surface area contributed by atoms with Gasteiger partial charge in [0, 0.05) is 25.9 Å². The zero-order chi connectivity index (χ0) is 18.1. The summed E-state index contributed by atoms with van der Waals surface area (Å²) in [5.41, 5.74) is -0.639. The van der Waals surface area contributed by atoms with E-state index >= 15 is 0 Å². The predicted molar refractivity (Wildman–Crippen MR) is 80.4 cm³/mol. The molecular weight excluding hydrogens is 347 g/mol. The number of rotatable bonds is 4. The van der Waals surface area contributed by atoms with E-state index in [4.69, 9.17) is 4.55 Å². The summed E-state index contributed by atoms with van der Waals surface area (Å²) in [5, 5.41) is 3.94. The van der Waals surface area contributed by atoms with Gasteiger partial charge >= 0.3 is 6.18 Å². The quantitative estimate of drug-likeness (QED) is 0.848. The molecule has 0 radical (unpaired) electrons. The fourth-order valence-electron chi connectivity index (χ4n) is 1.96. The molecule has 24 heavy (non-hydrogen) atoms. The van der Waals surface area contributed by atoms with Gasteiger partial charge in [-0.2, -0.15) is 18.3 Å². The Balaban J connectivity index is 2.38. The first-order valence-electron chi connectivity index (χ1n) is 6.64. The maximum absolute atomic E-state index is 13.1. The van der Waals surface area contributed by atoms with Crippen molar-refractivity contribution in [3.63, 3.8) is 0 Å². The summed E-state index contributed by atoms with van der Waals surface area (Å²) in [4.78, 5) is 12.3. The molecule has 6 nitrogen and oxygen atoms in total. The Morgan fingerprint density at radius 3 is 2.54 bits per heavy atom. The topological polar surface area (TPSA) is 75.4 Å². The molecule has 1 amide bonds. The van der Waals surface area contributed by atoms with Crippen LogP contribution >= 0.6 is 0 Å². The summed E-state index contributed by atoms with van der Waals surface area (Å²) in [7, 11) is 3.16. The van der Waals surface area contributed by atoms with E-state index in [2.05, 4.69) is 5.10 Å². The summed E-state index contributed by atoms with van der Waals surface area (Å²) >= 11 is -2.75. The van der Waals surface area contributed by atoms with Crippen molar-refractivity contribution in [2.45, 2.75) is 17.6 Å². The lowest BCUT2D eigenvalue weighted by atomic mass is 10.1. The standard InChI is InChI=1S/C14H14F3N3O3S/c1-19(2)13(21)8-20-7-10(6-18-20)9-3-4-12(24(22)23)11(5-9)14(15,16)17/h3-7H,8H2,1-2H3,(H,22,23). The van der Waals surface area contributed by atoms with Crippen LogP contribution in [-0.2, 0) is 28.6 Å². The van der Waals surface area contributed by atoms with E-state index in [0.29, 0.717) is 5.56 Å². The first kappa shape index (κ1) is 18.1. The van der Waals surface area contributed by atoms with Crippen molar-refractivity contribution in [1.82, 2.24) is 14.7 Å². The van der Waals surface area contributed by atoms with Crippen LogP contribution in [0.4, 0.5) is 13.2 Å². The minimum atomic E-state index is -4.76. The van der Waals surface area contributed by atoms with Crippen LogP contribution in [0.2, 0.25) is 0 Å². The maximum atomic E-state index is 13.1. The molecule has 0 fully saturated rings. The highest BCUT2D eigenvalue weighted by Gasteiger charge is 2.35. The Labute approximate surface area is 138 Å². The summed E-state index contributed by atoms with van der Waals surface area (Å²) < 4.78 is 60.5. The Morgan fingerprint density at radius 1 is 1.33 bits per heavy atom. The van der Waals surface area contributed by atoms with Gasteiger partial charge in [0.25, 0.3) is 0 Å². The number of hydrogen-bond acceptors (Lipinski definition) is 3. The van der Waals surface area contributed by atoms with Gasteiger partial charge < -0.3 is 9.45 Å². The van der Waals surface area contributed by atoms with Crippen LogP contribution in [0.25, 0.3) is 11.1 Å². The van der Waals surface area contributed by atoms with Crippen molar-refractivity contribution in [1.29, 1.82) is 0 Å². The molecule has 2 aromatic rings. The summed E-state index contributed by atoms with van der Waals surface area (Å²) in [6.45, 7) is -0.0438. The van der Waals surface area contributed by atoms with E-state index in [1.807, 2.05) is 0 Å². The van der Waals surface area contributed by atoms with E-state index in [9.17, 15) is 22.2 Å². The number of carbonyl (C=O) groups excluding carboxylic acids is 1. The highest BCUT2D eigenvalue weighted by atomic mass is 32.2. The van der Waals surface area contributed by atoms with Crippen molar-refractivity contribution in [2.75, 3.05) is 14.1 Å². The summed E-state index contributed by atoms with van der Waals surface area (Å²) in [6, 6.07) is 3.04. The van der Waals surface area contributed by atoms with Crippen molar-refractivity contribution >= 4 is 17.0 Å². The van der Waals surface area contributed by atoms with Gasteiger partial charge in [0.05, 0.1) is 16.7 Å². The molecule has 0 aliphatic carbocycles. The maximum Gasteiger partial charge on any atom is 0.417 e. The third kappa shape index (κ3) is 4.01. The van der Waals surface area contributed by atoms with Crippen molar-refractivity contribution in [2.24, 2.45) is 0 Å². The highest BCUT2D eigenvalue weighted by molar-refractivity contribution is 7.79. The molecule has 10 heteroatoms. The molecule has 2 rings (SSSR count). The third-order valence-electron chi connectivity index (χ3n) is 3.24. The molecule has 0 saturated carbocycles. The molecular formula is C14H14F3N3O3S. The molecule has 1 heterocycles. The number of alkyl halides is 3. The van der Waals surface area contributed by atoms with Crippen LogP contribution in [-0.4, -0.2) is 43.4 Å². The summed E-state index contributed by atoms with van der Waals surface area (Å²) in [5.74, 6) is -0.216. The number of benzene rings is 1. The lowest BCUT2D eigenvalue weighted by molar-refractivity contribution is -0.139. The fraction of sp³-hybridized carbons (Fsp3) is 0.286. The molecule has 0 spiro atoms. The third-order valence-corrected chi connectivity index (χ3v) is 3.97. The van der Waals surface area contributed by atoms with Gasteiger partial charge in [0.1, 0.15) is 6.54 Å². The SMILES string of the molecule is CN(C)C(=O)Cn1cc(-c2ccc(S(=O)O)c(C(F)(F)F)c2)cn1. The Bertz CT molecular complexity index is 787. The van der Waals surface area contributed by atoms with Gasteiger partial charge in [-0.1, -0.05) is 6.07 Å². The number of likely N-dealkylation sites (N-methyl/N-ethyl adjacent to an activating group) is 1. The van der Waals surface area contributed by atoms with E-state index in [-0.39, 0.29) is 18.0 Å². The van der Waals surface area contributed by atoms with Gasteiger partial charge in [0.15, 0.2) is 11.1 Å². The van der Waals surface area contributed by atoms with Crippen LogP contribution in [0.3, 0.4) is 0 Å². The van der Waals surface area contributed by atoms with Crippen molar-refractivity contribution < 1.29 is 26.7 Å². The molecule has 130 valence electrons. The highest BCUT2D eigenvalue weighted by Crippen LogP contribution is 2.36. The van der Waals surface area contributed by atoms with E-state index in [1.165, 1.54) is 28.0 Å². The first-order valence-corrected chi connectivity index (χ1v) is 7.75. The molecule has 1 unspecified atom stereocenters. The lowest BCUT2D eigenvalue weighted by Crippen LogP contribution is -2.26. The number of nitrogens with zero attached hydrogens (tertiary/aromatic N) is 3. The van der Waals surface area contributed by atoms with E-state index in [0.717, 1.165) is 12.1 Å². The Hall–Kier alpha value is -2.20. The van der Waals surface area contributed by atoms with Crippen LogP contribution < -0.4 is 0 Å². The van der Waals surface area contributed by atoms with Crippen LogP contribution in [0.15, 0.2) is 35.5 Å². The van der Waals surface area contributed by atoms with Crippen LogP contribution in [0.1, 0.15) is 5.56 Å². The second kappa shape index (κ2) is 6.73. The number of halogens is 3. The second-order valence-corrected chi connectivity index (χ2v) is 6.11. The van der Waals surface area contributed by atoms with Crippen LogP contribution in [0, 0.1) is 0 Å². The average molecular weight is 361 g/mol. The van der Waals surface area contributed by atoms with E-state index < -0.39 is 27.7 Å². The first-order chi connectivity index (χ1) is 11.1. The minimum absolute atomic E-state index is 0.0438. The number of hydrogen-bond donors (Lipinski definition) is 1. The van der Waals surface area contributed by atoms with Gasteiger partial charge in [0.2, 0.25) is 5.91 Å². The molecule has 0 saturated heterocycles. The minimum Gasteiger partial charge on any atom is -0.347 e. The summed E-state index contributed by atoms with van der Waals surface area (Å²) in [6.07, 6.45) is -2.00. The zero-order valence-electron chi connectivity index (χ0n) is 12.7. The smallest absolute Gasteiger partial charge is 0.347 e. The fourth-order valence-corrected chi connectivity index (χ4v) is 2.51. The van der Waals surface area contributed by atoms with Crippen LogP contribution in [0.5, 0.6) is 0 Å². The Morgan fingerprint density at radius 2 is 2.00 bits per heavy atom. The normalized spacial score (nSPS) is 12.9. The van der Waals surface area contributed by atoms with Gasteiger partial charge in [-0.15, -0.1) is 0 Å². The lowest BCUT2D eigenvalue weighted by Gasteiger charge is -2.12. The molecule has 0 aliphatic heterocycles. The van der Waals surface area contributed by atoms with Gasteiger partial charge in [-0.05, 0) is 17.7 Å². The molecule has 1 atom stereocenters. The monoisotopic (exact) mass is 361 g/mol. The average Bonchev–Trinajstić information content (AvgIpc) is 2.94. The molecule has 1 N–H and O–H groups in total. The number of aromatic nitrogens is 2. The van der Waals surface area contributed by atoms with Gasteiger partial charge in [-0.3, -0.25) is 9.48 Å². The number of amides is 1. The molecule has 0 bridgehead atoms. The molecule has 1 aromatic heterocycles. The predicted octanol–water partition coefficient (Wildman–Crippen LogP) is 2.24. The van der Waals surface area contributed by atoms with Crippen molar-refractivity contribution in [3.05, 3.63) is 36.2 Å². The van der Waals surface area contributed by atoms with E-state index in [1.54, 1.807) is 14.1 Å². The molecule has 0 aliphatic rings. The Kier molecular flexibility index (Phi) is 5.09. The van der Waals surface area contributed by atoms with Crippen molar-refractivity contribution in [3.8, 4) is 11.1 Å². The molecule has 1 aromatic carbocycles. The number of carbonyl (C=O) groups is 1. The zero-order valence-corrected chi connectivity index (χ0v) is 13.6. The largest absolute Gasteiger partial charge is 0.417 e.